The van der Waals surface area contributed by atoms with Gasteiger partial charge in [-0.05, 0) is 37.5 Å². The molecule has 1 amide bonds. The highest BCUT2D eigenvalue weighted by atomic mass is 35.5. The summed E-state index contributed by atoms with van der Waals surface area (Å²) in [6, 6.07) is 7.45. The topological polar surface area (TPSA) is 46.6 Å². The van der Waals surface area contributed by atoms with Crippen molar-refractivity contribution in [1.29, 1.82) is 0 Å². The van der Waals surface area contributed by atoms with E-state index in [1.807, 2.05) is 24.3 Å². The summed E-state index contributed by atoms with van der Waals surface area (Å²) >= 11 is 5.89. The molecule has 1 aliphatic rings. The van der Waals surface area contributed by atoms with E-state index in [2.05, 4.69) is 0 Å². The Hall–Kier alpha value is -1.55. The lowest BCUT2D eigenvalue weighted by molar-refractivity contribution is -0.145. The van der Waals surface area contributed by atoms with Crippen molar-refractivity contribution in [3.63, 3.8) is 0 Å². The van der Waals surface area contributed by atoms with Gasteiger partial charge in [-0.1, -0.05) is 30.2 Å². The number of halogens is 1. The molecule has 2 rings (SSSR count). The minimum Gasteiger partial charge on any atom is -0.466 e. The first kappa shape index (κ1) is 16.8. The molecule has 0 aromatic heterocycles. The Morgan fingerprint density at radius 1 is 1.27 bits per heavy atom. The van der Waals surface area contributed by atoms with E-state index >= 15 is 0 Å². The van der Waals surface area contributed by atoms with E-state index in [1.165, 1.54) is 0 Å². The van der Waals surface area contributed by atoms with Crippen LogP contribution in [0, 0.1) is 5.92 Å². The first-order valence-corrected chi connectivity index (χ1v) is 8.16. The van der Waals surface area contributed by atoms with Gasteiger partial charge < -0.3 is 9.64 Å². The Morgan fingerprint density at radius 3 is 2.50 bits per heavy atom. The van der Waals surface area contributed by atoms with Crippen LogP contribution in [-0.4, -0.2) is 29.9 Å². The Labute approximate surface area is 136 Å². The lowest BCUT2D eigenvalue weighted by Gasteiger charge is -2.31. The van der Waals surface area contributed by atoms with Crippen molar-refractivity contribution >= 4 is 23.5 Å². The summed E-state index contributed by atoms with van der Waals surface area (Å²) in [5, 5.41) is 0.673. The number of carbonyl (C=O) groups excluding carboxylic acids is 2. The molecule has 0 spiro atoms. The molecule has 0 bridgehead atoms. The molecule has 0 saturated heterocycles. The average Bonchev–Trinajstić information content (AvgIpc) is 2.43. The molecule has 0 N–H and O–H groups in total. The Kier molecular flexibility index (Phi) is 6.25. The Balaban J connectivity index is 1.98. The second kappa shape index (κ2) is 8.18. The number of hydrogen-bond donors (Lipinski definition) is 0. The van der Waals surface area contributed by atoms with E-state index in [0.717, 1.165) is 24.8 Å². The van der Waals surface area contributed by atoms with E-state index in [4.69, 9.17) is 16.3 Å². The normalized spacial score (nSPS) is 14.3. The van der Waals surface area contributed by atoms with Crippen molar-refractivity contribution in [3.05, 3.63) is 34.9 Å². The molecule has 0 atom stereocenters. The van der Waals surface area contributed by atoms with Crippen molar-refractivity contribution in [2.45, 2.75) is 39.2 Å². The van der Waals surface area contributed by atoms with Gasteiger partial charge in [0.2, 0.25) is 5.91 Å². The molecule has 1 aliphatic carbocycles. The Morgan fingerprint density at radius 2 is 1.95 bits per heavy atom. The minimum absolute atomic E-state index is 0.120. The van der Waals surface area contributed by atoms with Crippen LogP contribution in [0.3, 0.4) is 0 Å². The zero-order chi connectivity index (χ0) is 15.9. The van der Waals surface area contributed by atoms with Gasteiger partial charge in [-0.25, -0.2) is 0 Å². The number of nitrogens with zero attached hydrogens (tertiary/aromatic N) is 1. The maximum absolute atomic E-state index is 12.5. The van der Waals surface area contributed by atoms with Crippen molar-refractivity contribution in [2.24, 2.45) is 5.92 Å². The van der Waals surface area contributed by atoms with Gasteiger partial charge in [0.25, 0.3) is 0 Å². The molecule has 0 radical (unpaired) electrons. The number of rotatable bonds is 7. The van der Waals surface area contributed by atoms with Gasteiger partial charge in [0.05, 0.1) is 13.0 Å². The van der Waals surface area contributed by atoms with Crippen LogP contribution in [0.4, 0.5) is 0 Å². The van der Waals surface area contributed by atoms with Crippen LogP contribution in [-0.2, 0) is 20.9 Å². The molecule has 1 fully saturated rings. The molecule has 0 heterocycles. The third kappa shape index (κ3) is 4.73. The maximum atomic E-state index is 12.5. The predicted molar refractivity (Wildman–Crippen MR) is 85.5 cm³/mol. The van der Waals surface area contributed by atoms with Gasteiger partial charge in [-0.2, -0.15) is 0 Å². The quantitative estimate of drug-likeness (QED) is 0.722. The summed E-state index contributed by atoms with van der Waals surface area (Å²) < 4.78 is 4.94. The summed E-state index contributed by atoms with van der Waals surface area (Å²) in [5.41, 5.74) is 1.01. The van der Waals surface area contributed by atoms with Crippen LogP contribution in [0.2, 0.25) is 5.02 Å². The van der Waals surface area contributed by atoms with Gasteiger partial charge in [0.1, 0.15) is 0 Å². The van der Waals surface area contributed by atoms with Crippen molar-refractivity contribution in [1.82, 2.24) is 4.90 Å². The number of benzene rings is 1. The molecule has 0 unspecified atom stereocenters. The van der Waals surface area contributed by atoms with Crippen LogP contribution in [0.1, 0.15) is 38.2 Å². The van der Waals surface area contributed by atoms with E-state index in [0.29, 0.717) is 24.7 Å². The van der Waals surface area contributed by atoms with Gasteiger partial charge in [-0.15, -0.1) is 0 Å². The summed E-state index contributed by atoms with van der Waals surface area (Å²) in [6.45, 7) is 3.05. The second-order valence-electron chi connectivity index (χ2n) is 5.57. The fourth-order valence-corrected chi connectivity index (χ4v) is 2.58. The number of amides is 1. The van der Waals surface area contributed by atoms with Crippen LogP contribution < -0.4 is 0 Å². The fourth-order valence-electron chi connectivity index (χ4n) is 2.45. The van der Waals surface area contributed by atoms with Gasteiger partial charge in [0.15, 0.2) is 0 Å². The summed E-state index contributed by atoms with van der Waals surface area (Å²) in [7, 11) is 0. The average molecular weight is 324 g/mol. The SMILES string of the molecule is CCOC(=O)CCN(Cc1ccc(Cl)cc1)C(=O)C1CCC1. The number of carbonyl (C=O) groups is 2. The van der Waals surface area contributed by atoms with E-state index in [-0.39, 0.29) is 24.2 Å². The summed E-state index contributed by atoms with van der Waals surface area (Å²) in [6.07, 6.45) is 3.26. The first-order chi connectivity index (χ1) is 10.6. The smallest absolute Gasteiger partial charge is 0.307 e. The zero-order valence-electron chi connectivity index (χ0n) is 12.9. The molecule has 0 aliphatic heterocycles. The van der Waals surface area contributed by atoms with Gasteiger partial charge in [0, 0.05) is 24.0 Å². The molecule has 1 aromatic rings. The van der Waals surface area contributed by atoms with E-state index in [1.54, 1.807) is 11.8 Å². The van der Waals surface area contributed by atoms with Crippen LogP contribution in [0.15, 0.2) is 24.3 Å². The molecule has 22 heavy (non-hydrogen) atoms. The highest BCUT2D eigenvalue weighted by molar-refractivity contribution is 6.30. The lowest BCUT2D eigenvalue weighted by Crippen LogP contribution is -2.39. The van der Waals surface area contributed by atoms with Crippen LogP contribution >= 0.6 is 11.6 Å². The first-order valence-electron chi connectivity index (χ1n) is 7.79. The molecular formula is C17H22ClNO3. The summed E-state index contributed by atoms with van der Waals surface area (Å²) in [4.78, 5) is 25.8. The largest absolute Gasteiger partial charge is 0.466 e. The standard InChI is InChI=1S/C17H22ClNO3/c1-2-22-16(20)10-11-19(17(21)14-4-3-5-14)12-13-6-8-15(18)9-7-13/h6-9,14H,2-5,10-12H2,1H3. The number of ether oxygens (including phenoxy) is 1. The molecule has 5 heteroatoms. The van der Waals surface area contributed by atoms with Crippen molar-refractivity contribution in [3.8, 4) is 0 Å². The van der Waals surface area contributed by atoms with Crippen LogP contribution in [0.25, 0.3) is 0 Å². The zero-order valence-corrected chi connectivity index (χ0v) is 13.6. The minimum atomic E-state index is -0.259. The summed E-state index contributed by atoms with van der Waals surface area (Å²) in [5.74, 6) is 0.00464. The van der Waals surface area contributed by atoms with E-state index in [9.17, 15) is 9.59 Å². The van der Waals surface area contributed by atoms with Gasteiger partial charge >= 0.3 is 5.97 Å². The third-order valence-electron chi connectivity index (χ3n) is 3.94. The Bertz CT molecular complexity index is 511. The highest BCUT2D eigenvalue weighted by Crippen LogP contribution is 2.29. The van der Waals surface area contributed by atoms with Crippen molar-refractivity contribution in [2.75, 3.05) is 13.2 Å². The molecule has 4 nitrogen and oxygen atoms in total. The highest BCUT2D eigenvalue weighted by Gasteiger charge is 2.29. The van der Waals surface area contributed by atoms with E-state index < -0.39 is 0 Å². The number of esters is 1. The monoisotopic (exact) mass is 323 g/mol. The van der Waals surface area contributed by atoms with Crippen LogP contribution in [0.5, 0.6) is 0 Å². The lowest BCUT2D eigenvalue weighted by atomic mass is 9.84. The fraction of sp³-hybridized carbons (Fsp3) is 0.529. The molecular weight excluding hydrogens is 302 g/mol. The third-order valence-corrected chi connectivity index (χ3v) is 4.20. The van der Waals surface area contributed by atoms with Crippen molar-refractivity contribution < 1.29 is 14.3 Å². The number of hydrogen-bond acceptors (Lipinski definition) is 3. The molecule has 120 valence electrons. The second-order valence-corrected chi connectivity index (χ2v) is 6.01. The predicted octanol–water partition coefficient (Wildman–Crippen LogP) is 3.42. The molecule has 1 aromatic carbocycles. The maximum Gasteiger partial charge on any atom is 0.307 e. The van der Waals surface area contributed by atoms with Gasteiger partial charge in [-0.3, -0.25) is 9.59 Å². The molecule has 1 saturated carbocycles.